The van der Waals surface area contributed by atoms with Gasteiger partial charge in [-0.2, -0.15) is 0 Å². The Hall–Kier alpha value is -2.69. The first kappa shape index (κ1) is 17.7. The van der Waals surface area contributed by atoms with Crippen LogP contribution in [0.4, 0.5) is 4.39 Å². The number of benzene rings is 1. The van der Waals surface area contributed by atoms with Crippen LogP contribution in [-0.2, 0) is 11.2 Å². The number of nitrogens with zero attached hydrogens (tertiary/aromatic N) is 2. The van der Waals surface area contributed by atoms with Crippen LogP contribution in [0.25, 0.3) is 5.65 Å². The van der Waals surface area contributed by atoms with Gasteiger partial charge >= 0.3 is 0 Å². The Labute approximate surface area is 158 Å². The van der Waals surface area contributed by atoms with E-state index in [-0.39, 0.29) is 24.2 Å². The molecule has 0 unspecified atom stereocenters. The number of pyridine rings is 1. The highest BCUT2D eigenvalue weighted by Crippen LogP contribution is 2.35. The van der Waals surface area contributed by atoms with Crippen molar-refractivity contribution in [2.75, 3.05) is 0 Å². The van der Waals surface area contributed by atoms with Gasteiger partial charge in [0.2, 0.25) is 5.91 Å². The van der Waals surface area contributed by atoms with Gasteiger partial charge in [-0.1, -0.05) is 31.0 Å². The molecule has 140 valence electrons. The Morgan fingerprint density at radius 1 is 1.26 bits per heavy atom. The molecule has 27 heavy (non-hydrogen) atoms. The Morgan fingerprint density at radius 2 is 2.00 bits per heavy atom. The average molecular weight is 365 g/mol. The first-order chi connectivity index (χ1) is 13.1. The smallest absolute Gasteiger partial charge is 0.226 e. The first-order valence-corrected chi connectivity index (χ1v) is 9.58. The molecule has 2 aromatic heterocycles. The molecule has 4 rings (SSSR count). The van der Waals surface area contributed by atoms with E-state index < -0.39 is 0 Å². The fourth-order valence-corrected chi connectivity index (χ4v) is 4.11. The minimum absolute atomic E-state index is 0.0442. The molecule has 1 N–H and O–H groups in total. The van der Waals surface area contributed by atoms with Crippen molar-refractivity contribution in [1.82, 2.24) is 14.7 Å². The molecule has 1 fully saturated rings. The summed E-state index contributed by atoms with van der Waals surface area (Å²) in [7, 11) is 0. The monoisotopic (exact) mass is 365 g/mol. The van der Waals surface area contributed by atoms with Gasteiger partial charge in [0.25, 0.3) is 0 Å². The van der Waals surface area contributed by atoms with E-state index in [1.165, 1.54) is 25.0 Å². The minimum atomic E-state index is -0.254. The number of nitrogens with one attached hydrogen (secondary N) is 1. The number of hydrogen-bond acceptors (Lipinski definition) is 2. The molecule has 3 aromatic rings. The van der Waals surface area contributed by atoms with Crippen LogP contribution in [0.1, 0.15) is 48.5 Å². The van der Waals surface area contributed by atoms with E-state index >= 15 is 0 Å². The molecule has 0 radical (unpaired) electrons. The molecular weight excluding hydrogens is 341 g/mol. The van der Waals surface area contributed by atoms with Crippen molar-refractivity contribution in [3.8, 4) is 0 Å². The van der Waals surface area contributed by atoms with Crippen molar-refractivity contribution in [2.24, 2.45) is 5.92 Å². The number of aromatic nitrogens is 2. The van der Waals surface area contributed by atoms with Gasteiger partial charge in [-0.3, -0.25) is 4.79 Å². The maximum absolute atomic E-state index is 13.3. The van der Waals surface area contributed by atoms with Crippen molar-refractivity contribution < 1.29 is 9.18 Å². The molecule has 1 amide bonds. The molecule has 1 atom stereocenters. The van der Waals surface area contributed by atoms with E-state index in [9.17, 15) is 9.18 Å². The fourth-order valence-electron chi connectivity index (χ4n) is 4.11. The van der Waals surface area contributed by atoms with Gasteiger partial charge in [0, 0.05) is 12.4 Å². The molecule has 0 spiro atoms. The van der Waals surface area contributed by atoms with Crippen LogP contribution >= 0.6 is 0 Å². The second-order valence-electron chi connectivity index (χ2n) is 7.47. The van der Waals surface area contributed by atoms with Gasteiger partial charge in [-0.05, 0) is 55.0 Å². The quantitative estimate of drug-likeness (QED) is 0.730. The summed E-state index contributed by atoms with van der Waals surface area (Å²) in [6.07, 6.45) is 8.64. The van der Waals surface area contributed by atoms with Crippen LogP contribution in [-0.4, -0.2) is 15.3 Å². The van der Waals surface area contributed by atoms with Crippen LogP contribution < -0.4 is 5.32 Å². The third kappa shape index (κ3) is 3.87. The zero-order valence-corrected chi connectivity index (χ0v) is 15.5. The fraction of sp³-hybridized carbons (Fsp3) is 0.364. The topological polar surface area (TPSA) is 46.4 Å². The third-order valence-corrected chi connectivity index (χ3v) is 5.49. The van der Waals surface area contributed by atoms with Crippen molar-refractivity contribution in [1.29, 1.82) is 0 Å². The molecule has 1 aliphatic carbocycles. The highest BCUT2D eigenvalue weighted by molar-refractivity contribution is 5.79. The number of halogens is 1. The van der Waals surface area contributed by atoms with Gasteiger partial charge in [0.05, 0.1) is 18.2 Å². The lowest BCUT2D eigenvalue weighted by atomic mass is 9.91. The summed E-state index contributed by atoms with van der Waals surface area (Å²) < 4.78 is 15.3. The first-order valence-electron chi connectivity index (χ1n) is 9.58. The molecule has 0 saturated heterocycles. The second kappa shape index (κ2) is 7.51. The number of hydrogen-bond donors (Lipinski definition) is 1. The van der Waals surface area contributed by atoms with Gasteiger partial charge < -0.3 is 9.72 Å². The predicted octanol–water partition coefficient (Wildman–Crippen LogP) is 4.37. The lowest BCUT2D eigenvalue weighted by molar-refractivity contribution is -0.121. The predicted molar refractivity (Wildman–Crippen MR) is 103 cm³/mol. The number of aryl methyl sites for hydroxylation is 1. The van der Waals surface area contributed by atoms with E-state index in [2.05, 4.69) is 10.3 Å². The van der Waals surface area contributed by atoms with E-state index in [1.807, 2.05) is 35.9 Å². The van der Waals surface area contributed by atoms with Crippen LogP contribution in [0.2, 0.25) is 0 Å². The molecule has 0 bridgehead atoms. The molecule has 1 aromatic carbocycles. The summed E-state index contributed by atoms with van der Waals surface area (Å²) in [4.78, 5) is 17.3. The molecule has 2 heterocycles. The Morgan fingerprint density at radius 3 is 2.70 bits per heavy atom. The van der Waals surface area contributed by atoms with Crippen molar-refractivity contribution in [2.45, 2.75) is 45.1 Å². The van der Waals surface area contributed by atoms with Crippen LogP contribution in [0.15, 0.2) is 48.8 Å². The van der Waals surface area contributed by atoms with Gasteiger partial charge in [-0.25, -0.2) is 9.37 Å². The lowest BCUT2D eigenvalue weighted by Crippen LogP contribution is -2.33. The van der Waals surface area contributed by atoms with E-state index in [0.29, 0.717) is 5.92 Å². The normalized spacial score (nSPS) is 15.9. The minimum Gasteiger partial charge on any atom is -0.349 e. The third-order valence-electron chi connectivity index (χ3n) is 5.49. The molecule has 5 heteroatoms. The average Bonchev–Trinajstić information content (AvgIpc) is 3.31. The van der Waals surface area contributed by atoms with E-state index in [0.717, 1.165) is 35.3 Å². The number of carbonyl (C=O) groups is 1. The number of amides is 1. The van der Waals surface area contributed by atoms with Crippen molar-refractivity contribution in [3.63, 3.8) is 0 Å². The maximum Gasteiger partial charge on any atom is 0.226 e. The number of imidazole rings is 1. The van der Waals surface area contributed by atoms with Crippen molar-refractivity contribution in [3.05, 3.63) is 71.4 Å². The van der Waals surface area contributed by atoms with Crippen LogP contribution in [0.3, 0.4) is 0 Å². The summed E-state index contributed by atoms with van der Waals surface area (Å²) in [5.74, 6) is 0.107. The molecule has 1 saturated carbocycles. The van der Waals surface area contributed by atoms with E-state index in [4.69, 9.17) is 0 Å². The van der Waals surface area contributed by atoms with Crippen molar-refractivity contribution >= 4 is 11.6 Å². The summed E-state index contributed by atoms with van der Waals surface area (Å²) in [6, 6.07) is 10.4. The van der Waals surface area contributed by atoms with Gasteiger partial charge in [-0.15, -0.1) is 0 Å². The van der Waals surface area contributed by atoms with Gasteiger partial charge in [0.15, 0.2) is 0 Å². The summed E-state index contributed by atoms with van der Waals surface area (Å²) in [5.41, 5.74) is 3.69. The molecular formula is C22H24FN3O. The number of carbonyl (C=O) groups excluding carboxylic acids is 1. The summed E-state index contributed by atoms with van der Waals surface area (Å²) in [5, 5.41) is 3.19. The molecule has 0 aliphatic heterocycles. The zero-order chi connectivity index (χ0) is 18.8. The highest BCUT2D eigenvalue weighted by atomic mass is 19.1. The maximum atomic E-state index is 13.3. The Balaban J connectivity index is 1.52. The Kier molecular flexibility index (Phi) is 4.92. The highest BCUT2D eigenvalue weighted by Gasteiger charge is 2.28. The standard InChI is InChI=1S/C22H24FN3O/c1-15-5-4-12-26-14-19(24-22(15)26)13-20(27)25-21(16-6-2-3-7-16)17-8-10-18(23)11-9-17/h4-5,8-12,14,16,21H,2-3,6-7,13H2,1H3,(H,25,27)/t21-/m0/s1. The largest absolute Gasteiger partial charge is 0.349 e. The van der Waals surface area contributed by atoms with E-state index in [1.54, 1.807) is 12.1 Å². The van der Waals surface area contributed by atoms with Crippen LogP contribution in [0.5, 0.6) is 0 Å². The molecule has 4 nitrogen and oxygen atoms in total. The molecule has 1 aliphatic rings. The van der Waals surface area contributed by atoms with Gasteiger partial charge in [0.1, 0.15) is 11.5 Å². The zero-order valence-electron chi connectivity index (χ0n) is 15.5. The lowest BCUT2D eigenvalue weighted by Gasteiger charge is -2.25. The summed E-state index contributed by atoms with van der Waals surface area (Å²) >= 11 is 0. The SMILES string of the molecule is Cc1cccn2cc(CC(=O)N[C@H](c3ccc(F)cc3)C3CCCC3)nc12. The number of rotatable bonds is 5. The second-order valence-corrected chi connectivity index (χ2v) is 7.47. The number of fused-ring (bicyclic) bond motifs is 1. The van der Waals surface area contributed by atoms with Crippen LogP contribution in [0, 0.1) is 18.7 Å². The summed E-state index contributed by atoms with van der Waals surface area (Å²) in [6.45, 7) is 2.01. The Bertz CT molecular complexity index is 942.